The Kier molecular flexibility index (Phi) is 4.48. The largest absolute Gasteiger partial charge is 0.486 e. The second-order valence-corrected chi connectivity index (χ2v) is 8.07. The van der Waals surface area contributed by atoms with Crippen LogP contribution >= 0.6 is 11.6 Å². The lowest BCUT2D eigenvalue weighted by Gasteiger charge is -2.33. The maximum atomic E-state index is 12.8. The minimum absolute atomic E-state index is 0.0142. The lowest BCUT2D eigenvalue weighted by Crippen LogP contribution is -2.43. The van der Waals surface area contributed by atoms with E-state index in [1.165, 1.54) is 0 Å². The van der Waals surface area contributed by atoms with Gasteiger partial charge in [-0.3, -0.25) is 19.4 Å². The number of carbonyl (C=O) groups is 2. The van der Waals surface area contributed by atoms with E-state index in [1.807, 2.05) is 24.3 Å². The van der Waals surface area contributed by atoms with Gasteiger partial charge in [0.15, 0.2) is 11.5 Å². The summed E-state index contributed by atoms with van der Waals surface area (Å²) in [6.45, 7) is 3.30. The van der Waals surface area contributed by atoms with Crippen LogP contribution in [-0.4, -0.2) is 42.5 Å². The van der Waals surface area contributed by atoms with Gasteiger partial charge in [0.05, 0.1) is 17.9 Å². The van der Waals surface area contributed by atoms with Crippen LogP contribution in [0.15, 0.2) is 36.4 Å². The van der Waals surface area contributed by atoms with Gasteiger partial charge in [-0.05, 0) is 37.5 Å². The van der Waals surface area contributed by atoms with Crippen LogP contribution in [0.5, 0.6) is 11.5 Å². The highest BCUT2D eigenvalue weighted by molar-refractivity contribution is 6.52. The maximum absolute atomic E-state index is 12.8. The first-order chi connectivity index (χ1) is 14.0. The van der Waals surface area contributed by atoms with E-state index in [0.29, 0.717) is 53.7 Å². The number of hydrogen-bond donors (Lipinski definition) is 0. The number of nitrogens with zero attached hydrogens (tertiary/aromatic N) is 2. The van der Waals surface area contributed by atoms with Gasteiger partial charge in [-0.15, -0.1) is 0 Å². The van der Waals surface area contributed by atoms with Crippen molar-refractivity contribution in [2.45, 2.75) is 31.8 Å². The number of halogens is 1. The molecule has 0 unspecified atom stereocenters. The van der Waals surface area contributed by atoms with Crippen molar-refractivity contribution in [3.63, 3.8) is 0 Å². The quantitative estimate of drug-likeness (QED) is 0.698. The van der Waals surface area contributed by atoms with Crippen molar-refractivity contribution >= 4 is 29.0 Å². The van der Waals surface area contributed by atoms with Gasteiger partial charge in [-0.25, -0.2) is 0 Å². The highest BCUT2D eigenvalue weighted by atomic mass is 35.5. The summed E-state index contributed by atoms with van der Waals surface area (Å²) >= 11 is 6.43. The lowest BCUT2D eigenvalue weighted by molar-refractivity contribution is -0.114. The van der Waals surface area contributed by atoms with E-state index in [4.69, 9.17) is 21.1 Å². The van der Waals surface area contributed by atoms with E-state index in [1.54, 1.807) is 17.0 Å². The standard InChI is InChI=1S/C22H21ClN2O4/c1-13(15-4-2-3-5-17(15)23)24(14-6-7-14)12-25-18-11-20-19(28-8-9-29-20)10-16(18)21(26)22(25)27/h2-5,10-11,13-14H,6-9,12H2,1H3/t13-/m1/s1. The Labute approximate surface area is 173 Å². The van der Waals surface area contributed by atoms with Crippen LogP contribution in [0.1, 0.15) is 41.7 Å². The normalized spacial score (nSPS) is 18.9. The van der Waals surface area contributed by atoms with Gasteiger partial charge in [0.2, 0.25) is 0 Å². The second kappa shape index (κ2) is 7.04. The zero-order chi connectivity index (χ0) is 20.1. The topological polar surface area (TPSA) is 59.1 Å². The van der Waals surface area contributed by atoms with Gasteiger partial charge in [0.25, 0.3) is 5.78 Å². The zero-order valence-electron chi connectivity index (χ0n) is 16.1. The summed E-state index contributed by atoms with van der Waals surface area (Å²) in [6.07, 6.45) is 2.14. The van der Waals surface area contributed by atoms with Crippen LogP contribution in [-0.2, 0) is 4.79 Å². The van der Waals surface area contributed by atoms with Crippen LogP contribution in [0, 0.1) is 0 Å². The molecule has 5 rings (SSSR count). The van der Waals surface area contributed by atoms with Gasteiger partial charge in [0.1, 0.15) is 13.2 Å². The molecule has 1 atom stereocenters. The number of anilines is 1. The van der Waals surface area contributed by atoms with Crippen molar-refractivity contribution in [1.29, 1.82) is 0 Å². The molecule has 2 aromatic carbocycles. The zero-order valence-corrected chi connectivity index (χ0v) is 16.8. The van der Waals surface area contributed by atoms with Gasteiger partial charge >= 0.3 is 5.91 Å². The number of rotatable bonds is 5. The number of ketones is 1. The predicted octanol–water partition coefficient (Wildman–Crippen LogP) is 3.82. The Hall–Kier alpha value is -2.57. The molecule has 0 aromatic heterocycles. The molecule has 29 heavy (non-hydrogen) atoms. The van der Waals surface area contributed by atoms with E-state index >= 15 is 0 Å². The smallest absolute Gasteiger partial charge is 0.300 e. The molecule has 3 aliphatic rings. The first-order valence-corrected chi connectivity index (χ1v) is 10.2. The highest BCUT2D eigenvalue weighted by Gasteiger charge is 2.42. The number of carbonyl (C=O) groups excluding carboxylic acids is 2. The van der Waals surface area contributed by atoms with Crippen molar-refractivity contribution in [2.75, 3.05) is 24.8 Å². The number of fused-ring (bicyclic) bond motifs is 2. The first-order valence-electron chi connectivity index (χ1n) is 9.84. The summed E-state index contributed by atoms with van der Waals surface area (Å²) in [5.74, 6) is 0.0681. The van der Waals surface area contributed by atoms with Crippen molar-refractivity contribution in [2.24, 2.45) is 0 Å². The predicted molar refractivity (Wildman–Crippen MR) is 109 cm³/mol. The molecule has 7 heteroatoms. The van der Waals surface area contributed by atoms with Gasteiger partial charge in [-0.1, -0.05) is 29.8 Å². The van der Waals surface area contributed by atoms with E-state index in [2.05, 4.69) is 11.8 Å². The Balaban J connectivity index is 1.48. The molecule has 2 aliphatic heterocycles. The molecule has 0 spiro atoms. The number of amides is 1. The lowest BCUT2D eigenvalue weighted by atomic mass is 10.1. The van der Waals surface area contributed by atoms with Crippen LogP contribution in [0.2, 0.25) is 5.02 Å². The third-order valence-electron chi connectivity index (χ3n) is 5.81. The molecule has 1 aliphatic carbocycles. The monoisotopic (exact) mass is 412 g/mol. The SMILES string of the molecule is C[C@H](c1ccccc1Cl)N(CN1C(=O)C(=O)c2cc3c(cc21)OCCO3)C1CC1. The Morgan fingerprint density at radius 3 is 2.52 bits per heavy atom. The molecule has 0 radical (unpaired) electrons. The fourth-order valence-corrected chi connectivity index (χ4v) is 4.38. The minimum Gasteiger partial charge on any atom is -0.486 e. The molecule has 2 heterocycles. The van der Waals surface area contributed by atoms with Crippen molar-refractivity contribution in [3.05, 3.63) is 52.5 Å². The summed E-state index contributed by atoms with van der Waals surface area (Å²) in [5.41, 5.74) is 1.98. The highest BCUT2D eigenvalue weighted by Crippen LogP contribution is 2.42. The number of ether oxygens (including phenoxy) is 2. The van der Waals surface area contributed by atoms with Crippen molar-refractivity contribution in [3.8, 4) is 11.5 Å². The average molecular weight is 413 g/mol. The second-order valence-electron chi connectivity index (χ2n) is 7.66. The number of benzene rings is 2. The summed E-state index contributed by atoms with van der Waals surface area (Å²) in [6, 6.07) is 11.5. The van der Waals surface area contributed by atoms with E-state index in [0.717, 1.165) is 18.4 Å². The Bertz CT molecular complexity index is 1000. The third kappa shape index (κ3) is 3.16. The molecule has 1 amide bonds. The van der Waals surface area contributed by atoms with E-state index in [-0.39, 0.29) is 6.04 Å². The molecular weight excluding hydrogens is 392 g/mol. The average Bonchev–Trinajstić information content (AvgIpc) is 3.54. The van der Waals surface area contributed by atoms with Crippen molar-refractivity contribution in [1.82, 2.24) is 4.90 Å². The Morgan fingerprint density at radius 2 is 1.83 bits per heavy atom. The number of Topliss-reactive ketones (excluding diaryl/α,β-unsaturated/α-hetero) is 1. The Morgan fingerprint density at radius 1 is 1.14 bits per heavy atom. The summed E-state index contributed by atoms with van der Waals surface area (Å²) < 4.78 is 11.2. The molecule has 2 aromatic rings. The van der Waals surface area contributed by atoms with Gasteiger partial charge < -0.3 is 9.47 Å². The molecule has 150 valence electrons. The maximum Gasteiger partial charge on any atom is 0.300 e. The first kappa shape index (κ1) is 18.5. The molecular formula is C22H21ClN2O4. The molecule has 6 nitrogen and oxygen atoms in total. The van der Waals surface area contributed by atoms with Gasteiger partial charge in [0, 0.05) is 23.2 Å². The van der Waals surface area contributed by atoms with Gasteiger partial charge in [-0.2, -0.15) is 0 Å². The molecule has 1 fully saturated rings. The van der Waals surface area contributed by atoms with E-state index in [9.17, 15) is 9.59 Å². The van der Waals surface area contributed by atoms with Crippen molar-refractivity contribution < 1.29 is 19.1 Å². The molecule has 0 N–H and O–H groups in total. The summed E-state index contributed by atoms with van der Waals surface area (Å²) in [7, 11) is 0. The van der Waals surface area contributed by atoms with Crippen LogP contribution < -0.4 is 14.4 Å². The van der Waals surface area contributed by atoms with E-state index < -0.39 is 11.7 Å². The summed E-state index contributed by atoms with van der Waals surface area (Å²) in [4.78, 5) is 29.3. The number of hydrogen-bond acceptors (Lipinski definition) is 5. The fourth-order valence-electron chi connectivity index (χ4n) is 4.09. The molecule has 1 saturated carbocycles. The van der Waals surface area contributed by atoms with Crippen LogP contribution in [0.25, 0.3) is 0 Å². The fraction of sp³-hybridized carbons (Fsp3) is 0.364. The van der Waals surface area contributed by atoms with Crippen LogP contribution in [0.3, 0.4) is 0 Å². The minimum atomic E-state index is -0.514. The van der Waals surface area contributed by atoms with Crippen LogP contribution in [0.4, 0.5) is 5.69 Å². The summed E-state index contributed by atoms with van der Waals surface area (Å²) in [5, 5.41) is 0.703. The molecule has 0 bridgehead atoms. The molecule has 0 saturated heterocycles. The third-order valence-corrected chi connectivity index (χ3v) is 6.15.